The van der Waals surface area contributed by atoms with Crippen molar-refractivity contribution in [1.82, 2.24) is 10.3 Å². The summed E-state index contributed by atoms with van der Waals surface area (Å²) in [4.78, 5) is 36.9. The van der Waals surface area contributed by atoms with Gasteiger partial charge in [0.1, 0.15) is 6.04 Å². The number of nitrogens with zero attached hydrogens (tertiary/aromatic N) is 1. The van der Waals surface area contributed by atoms with Crippen LogP contribution in [0.25, 0.3) is 0 Å². The van der Waals surface area contributed by atoms with Crippen molar-refractivity contribution in [3.63, 3.8) is 0 Å². The minimum Gasteiger partial charge on any atom is -0.480 e. The molecule has 5 N–H and O–H groups in total. The molecule has 1 aromatic rings. The lowest BCUT2D eigenvalue weighted by molar-refractivity contribution is -0.140. The number of urea groups is 1. The molecule has 0 saturated carbocycles. The fourth-order valence-electron chi connectivity index (χ4n) is 1.31. The van der Waals surface area contributed by atoms with Crippen molar-refractivity contribution in [2.75, 3.05) is 5.32 Å². The highest BCUT2D eigenvalue weighted by Gasteiger charge is 2.22. The number of rotatable bonds is 5. The lowest BCUT2D eigenvalue weighted by Gasteiger charge is -2.14. The van der Waals surface area contributed by atoms with E-state index in [1.165, 1.54) is 6.20 Å². The topological polar surface area (TPSA) is 134 Å². The molecule has 0 spiro atoms. The minimum absolute atomic E-state index is 0.447. The van der Waals surface area contributed by atoms with Crippen molar-refractivity contribution in [3.8, 4) is 0 Å². The molecular formula is C11H14N4O4. The number of amides is 3. The predicted octanol–water partition coefficient (Wildman–Crippen LogP) is -0.160. The van der Waals surface area contributed by atoms with E-state index in [0.29, 0.717) is 5.69 Å². The van der Waals surface area contributed by atoms with Crippen molar-refractivity contribution in [1.29, 1.82) is 0 Å². The average molecular weight is 266 g/mol. The van der Waals surface area contributed by atoms with Gasteiger partial charge in [-0.25, -0.2) is 9.59 Å². The highest BCUT2D eigenvalue weighted by molar-refractivity contribution is 5.94. The van der Waals surface area contributed by atoms with Gasteiger partial charge < -0.3 is 21.5 Å². The van der Waals surface area contributed by atoms with Crippen LogP contribution in [0.1, 0.15) is 12.0 Å². The van der Waals surface area contributed by atoms with Gasteiger partial charge in [-0.3, -0.25) is 9.78 Å². The van der Waals surface area contributed by atoms with Gasteiger partial charge in [0.2, 0.25) is 5.91 Å². The summed E-state index contributed by atoms with van der Waals surface area (Å²) in [7, 11) is 0. The Bertz CT molecular complexity index is 503. The van der Waals surface area contributed by atoms with Crippen LogP contribution in [0, 0.1) is 6.92 Å². The fourth-order valence-corrected chi connectivity index (χ4v) is 1.31. The predicted molar refractivity (Wildman–Crippen MR) is 66.4 cm³/mol. The monoisotopic (exact) mass is 266 g/mol. The number of carboxylic acid groups (broad SMARTS) is 1. The van der Waals surface area contributed by atoms with Gasteiger partial charge in [-0.15, -0.1) is 0 Å². The molecule has 1 atom stereocenters. The Balaban J connectivity index is 2.65. The summed E-state index contributed by atoms with van der Waals surface area (Å²) >= 11 is 0. The first-order chi connectivity index (χ1) is 8.90. The first kappa shape index (κ1) is 14.4. The van der Waals surface area contributed by atoms with Gasteiger partial charge in [0.05, 0.1) is 18.3 Å². The number of primary amides is 1. The number of hydrogen-bond acceptors (Lipinski definition) is 4. The molecule has 0 aliphatic rings. The molecule has 0 aromatic carbocycles. The first-order valence-electron chi connectivity index (χ1n) is 5.39. The van der Waals surface area contributed by atoms with E-state index in [9.17, 15) is 14.4 Å². The summed E-state index contributed by atoms with van der Waals surface area (Å²) in [5, 5.41) is 13.4. The van der Waals surface area contributed by atoms with Crippen LogP contribution in [-0.4, -0.2) is 34.0 Å². The van der Waals surface area contributed by atoms with Crippen LogP contribution in [0.15, 0.2) is 18.5 Å². The van der Waals surface area contributed by atoms with Crippen molar-refractivity contribution in [2.24, 2.45) is 5.73 Å². The molecule has 102 valence electrons. The van der Waals surface area contributed by atoms with Gasteiger partial charge in [0.15, 0.2) is 0 Å². The first-order valence-corrected chi connectivity index (χ1v) is 5.39. The molecular weight excluding hydrogens is 252 g/mol. The molecule has 1 aromatic heterocycles. The highest BCUT2D eigenvalue weighted by Crippen LogP contribution is 2.10. The maximum atomic E-state index is 11.6. The van der Waals surface area contributed by atoms with Crippen LogP contribution >= 0.6 is 0 Å². The maximum Gasteiger partial charge on any atom is 0.326 e. The van der Waals surface area contributed by atoms with E-state index in [-0.39, 0.29) is 0 Å². The van der Waals surface area contributed by atoms with E-state index in [0.717, 1.165) is 5.56 Å². The van der Waals surface area contributed by atoms with Crippen LogP contribution in [0.5, 0.6) is 0 Å². The van der Waals surface area contributed by atoms with Gasteiger partial charge >= 0.3 is 12.0 Å². The zero-order valence-corrected chi connectivity index (χ0v) is 10.2. The molecule has 0 saturated heterocycles. The quantitative estimate of drug-likeness (QED) is 0.587. The number of nitrogens with one attached hydrogen (secondary N) is 2. The zero-order chi connectivity index (χ0) is 14.4. The third-order valence-corrected chi connectivity index (χ3v) is 2.30. The van der Waals surface area contributed by atoms with E-state index >= 15 is 0 Å². The molecule has 8 nitrogen and oxygen atoms in total. The second kappa shape index (κ2) is 6.34. The van der Waals surface area contributed by atoms with Crippen molar-refractivity contribution < 1.29 is 19.5 Å². The number of carbonyl (C=O) groups is 3. The number of carbonyl (C=O) groups excluding carboxylic acids is 2. The van der Waals surface area contributed by atoms with E-state index in [1.807, 2.05) is 0 Å². The van der Waals surface area contributed by atoms with E-state index < -0.39 is 30.4 Å². The van der Waals surface area contributed by atoms with Crippen LogP contribution in [0.4, 0.5) is 10.5 Å². The summed E-state index contributed by atoms with van der Waals surface area (Å²) in [5.41, 5.74) is 6.12. The molecule has 1 heterocycles. The molecule has 1 rings (SSSR count). The van der Waals surface area contributed by atoms with Crippen LogP contribution < -0.4 is 16.4 Å². The molecule has 0 unspecified atom stereocenters. The van der Waals surface area contributed by atoms with Gasteiger partial charge in [-0.2, -0.15) is 0 Å². The number of carboxylic acids is 1. The number of nitrogens with two attached hydrogens (primary N) is 1. The van der Waals surface area contributed by atoms with Crippen LogP contribution in [-0.2, 0) is 9.59 Å². The Morgan fingerprint density at radius 2 is 2.16 bits per heavy atom. The largest absolute Gasteiger partial charge is 0.480 e. The van der Waals surface area contributed by atoms with Crippen molar-refractivity contribution in [2.45, 2.75) is 19.4 Å². The number of aromatic nitrogens is 1. The standard InChI is InChI=1S/C11H14N4O4/c1-6-2-3-13-5-8(6)15-11(19)14-7(10(17)18)4-9(12)16/h2-3,5,7H,4H2,1H3,(H2,12,16)(H,17,18)(H2,14,15,19)/t7-/m0/s1. The third kappa shape index (κ3) is 4.62. The fraction of sp³-hybridized carbons (Fsp3) is 0.273. The molecule has 0 aliphatic carbocycles. The van der Waals surface area contributed by atoms with E-state index in [1.54, 1.807) is 19.2 Å². The van der Waals surface area contributed by atoms with Gasteiger partial charge in [-0.05, 0) is 18.6 Å². The molecule has 19 heavy (non-hydrogen) atoms. The molecule has 0 fully saturated rings. The Labute approximate surface area is 109 Å². The van der Waals surface area contributed by atoms with Crippen LogP contribution in [0.3, 0.4) is 0 Å². The number of pyridine rings is 1. The number of aryl methyl sites for hydroxylation is 1. The van der Waals surface area contributed by atoms with Gasteiger partial charge in [0, 0.05) is 6.20 Å². The summed E-state index contributed by atoms with van der Waals surface area (Å²) in [6.07, 6.45) is 2.51. The van der Waals surface area contributed by atoms with Gasteiger partial charge in [-0.1, -0.05) is 0 Å². The van der Waals surface area contributed by atoms with Gasteiger partial charge in [0.25, 0.3) is 0 Å². The second-order valence-corrected chi connectivity index (χ2v) is 3.85. The summed E-state index contributed by atoms with van der Waals surface area (Å²) in [6.45, 7) is 1.76. The van der Waals surface area contributed by atoms with E-state index in [4.69, 9.17) is 10.8 Å². The minimum atomic E-state index is -1.37. The lowest BCUT2D eigenvalue weighted by atomic mass is 10.2. The van der Waals surface area contributed by atoms with Crippen molar-refractivity contribution in [3.05, 3.63) is 24.0 Å². The zero-order valence-electron chi connectivity index (χ0n) is 10.2. The van der Waals surface area contributed by atoms with Crippen molar-refractivity contribution >= 4 is 23.6 Å². The molecule has 0 aliphatic heterocycles. The maximum absolute atomic E-state index is 11.6. The molecule has 0 radical (unpaired) electrons. The highest BCUT2D eigenvalue weighted by atomic mass is 16.4. The Hall–Kier alpha value is -2.64. The number of anilines is 1. The molecule has 8 heteroatoms. The third-order valence-electron chi connectivity index (χ3n) is 2.30. The normalized spacial score (nSPS) is 11.4. The lowest BCUT2D eigenvalue weighted by Crippen LogP contribution is -2.45. The molecule has 0 bridgehead atoms. The summed E-state index contributed by atoms with van der Waals surface area (Å²) in [5.74, 6) is -2.15. The average Bonchev–Trinajstić information content (AvgIpc) is 2.30. The smallest absolute Gasteiger partial charge is 0.326 e. The Kier molecular flexibility index (Phi) is 4.81. The second-order valence-electron chi connectivity index (χ2n) is 3.85. The number of hydrogen-bond donors (Lipinski definition) is 4. The molecule has 3 amide bonds. The Morgan fingerprint density at radius 3 is 2.68 bits per heavy atom. The summed E-state index contributed by atoms with van der Waals surface area (Å²) < 4.78 is 0. The number of aliphatic carboxylic acids is 1. The van der Waals surface area contributed by atoms with Crippen LogP contribution in [0.2, 0.25) is 0 Å². The Morgan fingerprint density at radius 1 is 1.47 bits per heavy atom. The SMILES string of the molecule is Cc1ccncc1NC(=O)N[C@@H](CC(N)=O)C(=O)O. The summed E-state index contributed by atoms with van der Waals surface area (Å²) in [6, 6.07) is -0.424. The van der Waals surface area contributed by atoms with E-state index in [2.05, 4.69) is 15.6 Å².